The minimum absolute atomic E-state index is 0.0143. The van der Waals surface area contributed by atoms with Crippen molar-refractivity contribution in [3.8, 4) is 0 Å². The Kier molecular flexibility index (Phi) is 8.17. The molecule has 26 heteroatoms. The third-order valence-electron chi connectivity index (χ3n) is 7.99. The molecule has 0 aliphatic carbocycles. The number of hydrogen-bond acceptors (Lipinski definition) is 19. The number of rotatable bonds is 3. The number of hydrogen-bond donors (Lipinski definition) is 8. The summed E-state index contributed by atoms with van der Waals surface area (Å²) in [4.78, 5) is 62.8. The van der Waals surface area contributed by atoms with E-state index in [0.29, 0.717) is 0 Å². The summed E-state index contributed by atoms with van der Waals surface area (Å²) in [5, 5.41) is 27.5. The van der Waals surface area contributed by atoms with Crippen LogP contribution in [0.25, 0.3) is 11.2 Å². The fraction of sp³-hybridized carbons (Fsp3) is 0.619. The van der Waals surface area contributed by atoms with Gasteiger partial charge in [-0.15, -0.1) is 0 Å². The minimum atomic E-state index is -5.13. The Morgan fingerprint density at radius 2 is 1.66 bits per heavy atom. The van der Waals surface area contributed by atoms with Gasteiger partial charge in [-0.3, -0.25) is 48.3 Å². The standard InChI is InChI=1S/C21H28N10O14P2/c22-15(34)8-9-16(25-3-24-8)30(4-26-9)19-12(33)13-7(43-19)2-41-47(38,39)45-14-11(32)6(1-40-46(36,37)44-13)42-20(14)31-5-27-10-17(31)28-21(23)29-18(10)35/h3-7,10-14,17,19-21,28,32-33H,1-2,23H2,(H2,22,34)(H,29,35)(H,36,37)(H,38,39)/t6-,7-,10?,11-,12-,13-,14-,17?,19-,20-,21?/m1/s1. The summed E-state index contributed by atoms with van der Waals surface area (Å²) in [5.74, 6) is -1.43. The second-order valence-corrected chi connectivity index (χ2v) is 13.8. The number of carbonyl (C=O) groups is 2. The lowest BCUT2D eigenvalue weighted by molar-refractivity contribution is -0.130. The second-order valence-electron chi connectivity index (χ2n) is 10.9. The van der Waals surface area contributed by atoms with Crippen LogP contribution in [0.2, 0.25) is 0 Å². The Hall–Kier alpha value is -3.06. The number of primary amides is 1. The number of aliphatic imine (C=N–C) groups is 1. The molecule has 7 rings (SSSR count). The Labute approximate surface area is 262 Å². The molecule has 5 aliphatic heterocycles. The summed E-state index contributed by atoms with van der Waals surface area (Å²) < 4.78 is 60.1. The van der Waals surface area contributed by atoms with Crippen LogP contribution in [0.15, 0.2) is 17.6 Å². The van der Waals surface area contributed by atoms with Gasteiger partial charge in [0.05, 0.1) is 25.9 Å². The van der Waals surface area contributed by atoms with Crippen LogP contribution in [0.3, 0.4) is 0 Å². The molecule has 2 aromatic heterocycles. The summed E-state index contributed by atoms with van der Waals surface area (Å²) >= 11 is 0. The van der Waals surface area contributed by atoms with Gasteiger partial charge >= 0.3 is 15.6 Å². The summed E-state index contributed by atoms with van der Waals surface area (Å²) in [6.07, 6.45) is -11.4. The molecule has 0 saturated carbocycles. The number of ether oxygens (including phenoxy) is 2. The lowest BCUT2D eigenvalue weighted by Crippen LogP contribution is -2.70. The number of aromatic nitrogens is 4. The Balaban J connectivity index is 1.16. The molecule has 5 aliphatic rings. The first-order chi connectivity index (χ1) is 22.2. The SMILES string of the molecule is NC(=O)c1ncnc2c1ncn2[C@@H]1O[C@@H]2COP(=O)(O)O[C@@H]3[C@H](O)[C@@H](COP(=O)(O)O[C@H]2[C@H]1O)O[C@H]3N1C=NC2C(=O)NC(N)NC21. The van der Waals surface area contributed by atoms with E-state index in [2.05, 4.69) is 30.6 Å². The molecule has 4 fully saturated rings. The molecule has 10 N–H and O–H groups in total. The van der Waals surface area contributed by atoms with Crippen molar-refractivity contribution in [1.29, 1.82) is 0 Å². The molecule has 5 unspecified atom stereocenters. The topological polar surface area (TPSA) is 340 Å². The lowest BCUT2D eigenvalue weighted by atomic mass is 10.1. The van der Waals surface area contributed by atoms with E-state index in [0.717, 1.165) is 17.2 Å². The molecule has 2 aromatic rings. The first-order valence-electron chi connectivity index (χ1n) is 13.8. The first-order valence-corrected chi connectivity index (χ1v) is 16.8. The van der Waals surface area contributed by atoms with Crippen LogP contribution < -0.4 is 22.1 Å². The van der Waals surface area contributed by atoms with Crippen molar-refractivity contribution < 1.29 is 66.3 Å². The van der Waals surface area contributed by atoms with E-state index in [1.165, 1.54) is 11.2 Å². The predicted octanol–water partition coefficient (Wildman–Crippen LogP) is -4.71. The zero-order valence-corrected chi connectivity index (χ0v) is 25.4. The molecule has 2 bridgehead atoms. The van der Waals surface area contributed by atoms with Crippen molar-refractivity contribution in [2.24, 2.45) is 16.5 Å². The fourth-order valence-electron chi connectivity index (χ4n) is 5.89. The molecule has 7 heterocycles. The van der Waals surface area contributed by atoms with Crippen LogP contribution in [0.4, 0.5) is 0 Å². The summed E-state index contributed by atoms with van der Waals surface area (Å²) in [5.41, 5.74) is 10.9. The van der Waals surface area contributed by atoms with Gasteiger partial charge in [0.25, 0.3) is 11.8 Å². The van der Waals surface area contributed by atoms with Gasteiger partial charge in [0.15, 0.2) is 29.8 Å². The van der Waals surface area contributed by atoms with E-state index in [4.69, 9.17) is 39.0 Å². The number of aliphatic hydroxyl groups is 2. The van der Waals surface area contributed by atoms with Crippen molar-refractivity contribution >= 4 is 45.0 Å². The number of imidazole rings is 1. The van der Waals surface area contributed by atoms with Crippen LogP contribution in [-0.2, 0) is 41.5 Å². The van der Waals surface area contributed by atoms with E-state index in [-0.39, 0.29) is 16.9 Å². The molecule has 0 aromatic carbocycles. The van der Waals surface area contributed by atoms with Gasteiger partial charge in [-0.2, -0.15) is 0 Å². The van der Waals surface area contributed by atoms with E-state index in [1.807, 2.05) is 0 Å². The molecule has 4 saturated heterocycles. The van der Waals surface area contributed by atoms with E-state index in [9.17, 15) is 38.7 Å². The van der Waals surface area contributed by atoms with Gasteiger partial charge in [0, 0.05) is 0 Å². The van der Waals surface area contributed by atoms with Gasteiger partial charge in [-0.1, -0.05) is 0 Å². The molecule has 256 valence electrons. The van der Waals surface area contributed by atoms with Crippen molar-refractivity contribution in [1.82, 2.24) is 35.1 Å². The summed E-state index contributed by atoms with van der Waals surface area (Å²) in [6.45, 7) is -1.69. The molecule has 0 spiro atoms. The Morgan fingerprint density at radius 1 is 0.979 bits per heavy atom. The van der Waals surface area contributed by atoms with Crippen LogP contribution in [0.5, 0.6) is 0 Å². The number of phosphoric acid groups is 2. The van der Waals surface area contributed by atoms with Crippen LogP contribution in [-0.4, -0.2) is 137 Å². The van der Waals surface area contributed by atoms with Crippen LogP contribution in [0, 0.1) is 0 Å². The quantitative estimate of drug-likeness (QED) is 0.139. The smallest absolute Gasteiger partial charge is 0.387 e. The van der Waals surface area contributed by atoms with Gasteiger partial charge in [0.1, 0.15) is 60.9 Å². The molecule has 0 radical (unpaired) electrons. The molecule has 13 atom stereocenters. The zero-order chi connectivity index (χ0) is 33.4. The van der Waals surface area contributed by atoms with Crippen molar-refractivity contribution in [3.05, 3.63) is 18.3 Å². The van der Waals surface area contributed by atoms with Crippen LogP contribution >= 0.6 is 15.6 Å². The number of carbonyl (C=O) groups excluding carboxylic acids is 2. The highest BCUT2D eigenvalue weighted by molar-refractivity contribution is 7.47. The number of nitrogens with two attached hydrogens (primary N) is 2. The third kappa shape index (κ3) is 5.85. The third-order valence-corrected chi connectivity index (χ3v) is 9.96. The Morgan fingerprint density at radius 3 is 2.38 bits per heavy atom. The maximum Gasteiger partial charge on any atom is 0.472 e. The second kappa shape index (κ2) is 11.8. The molecule has 47 heavy (non-hydrogen) atoms. The number of nitrogens with one attached hydrogen (secondary N) is 2. The predicted molar refractivity (Wildman–Crippen MR) is 147 cm³/mol. The fourth-order valence-corrected chi connectivity index (χ4v) is 7.78. The highest BCUT2D eigenvalue weighted by atomic mass is 31.2. The van der Waals surface area contributed by atoms with Gasteiger partial charge in [-0.05, 0) is 0 Å². The number of amides is 2. The zero-order valence-electron chi connectivity index (χ0n) is 23.6. The number of fused-ring (bicyclic) bond motifs is 5. The molecular formula is C21H28N10O14P2. The summed E-state index contributed by atoms with van der Waals surface area (Å²) in [6, 6.07) is -1.00. The summed E-state index contributed by atoms with van der Waals surface area (Å²) in [7, 11) is -10.2. The molecular weight excluding hydrogens is 678 g/mol. The number of phosphoric ester groups is 2. The van der Waals surface area contributed by atoms with Crippen LogP contribution in [0.1, 0.15) is 16.7 Å². The Bertz CT molecular complexity index is 1710. The van der Waals surface area contributed by atoms with E-state index in [1.54, 1.807) is 0 Å². The molecule has 24 nitrogen and oxygen atoms in total. The highest BCUT2D eigenvalue weighted by Gasteiger charge is 2.56. The molecule has 2 amide bonds. The van der Waals surface area contributed by atoms with Gasteiger partial charge in [0.2, 0.25) is 0 Å². The van der Waals surface area contributed by atoms with Crippen molar-refractivity contribution in [3.63, 3.8) is 0 Å². The average molecular weight is 706 g/mol. The minimum Gasteiger partial charge on any atom is -0.387 e. The first kappa shape index (κ1) is 32.5. The van der Waals surface area contributed by atoms with Gasteiger partial charge in [-0.25, -0.2) is 24.1 Å². The average Bonchev–Trinajstić information content (AvgIpc) is 3.76. The highest BCUT2D eigenvalue weighted by Crippen LogP contribution is 2.53. The number of aliphatic hydroxyl groups excluding tert-OH is 2. The largest absolute Gasteiger partial charge is 0.472 e. The van der Waals surface area contributed by atoms with E-state index >= 15 is 0 Å². The maximum absolute atomic E-state index is 13.2. The van der Waals surface area contributed by atoms with E-state index < -0.39 is 108 Å². The van der Waals surface area contributed by atoms with Crippen molar-refractivity contribution in [2.75, 3.05) is 13.2 Å². The number of nitrogens with zero attached hydrogens (tertiary/aromatic N) is 6. The van der Waals surface area contributed by atoms with Gasteiger partial charge < -0.3 is 45.4 Å². The monoisotopic (exact) mass is 706 g/mol. The normalized spacial score (nSPS) is 43.9. The lowest BCUT2D eigenvalue weighted by Gasteiger charge is -2.39. The van der Waals surface area contributed by atoms with Crippen molar-refractivity contribution in [2.45, 2.75) is 67.6 Å². The maximum atomic E-state index is 13.2.